The maximum absolute atomic E-state index is 4.88. The molecule has 1 aliphatic heterocycles. The van der Waals surface area contributed by atoms with Crippen LogP contribution >= 0.6 is 0 Å². The van der Waals surface area contributed by atoms with Gasteiger partial charge in [-0.05, 0) is 44.7 Å². The zero-order valence-electron chi connectivity index (χ0n) is 14.2. The number of rotatable bonds is 7. The standard InChI is InChI=1S/C18H33N3/c1-4-11-18(12-8-7-9-13-19-18)15-16-10-14-21(20-16)17(5-2)6-3/h10,14,17,19H,4-9,11-13,15H2,1-3H3. The van der Waals surface area contributed by atoms with Gasteiger partial charge in [0, 0.05) is 18.2 Å². The molecule has 3 heteroatoms. The Morgan fingerprint density at radius 2 is 2.05 bits per heavy atom. The second-order valence-corrected chi connectivity index (χ2v) is 6.70. The van der Waals surface area contributed by atoms with Crippen LogP contribution in [-0.2, 0) is 6.42 Å². The minimum absolute atomic E-state index is 0.290. The van der Waals surface area contributed by atoms with Gasteiger partial charge in [0.2, 0.25) is 0 Å². The predicted molar refractivity (Wildman–Crippen MR) is 89.7 cm³/mol. The first-order valence-corrected chi connectivity index (χ1v) is 9.02. The molecule has 0 aliphatic carbocycles. The normalized spacial score (nSPS) is 23.4. The van der Waals surface area contributed by atoms with E-state index in [4.69, 9.17) is 5.10 Å². The van der Waals surface area contributed by atoms with Crippen LogP contribution in [0.3, 0.4) is 0 Å². The van der Waals surface area contributed by atoms with Gasteiger partial charge in [-0.3, -0.25) is 4.68 Å². The largest absolute Gasteiger partial charge is 0.311 e. The fraction of sp³-hybridized carbons (Fsp3) is 0.833. The van der Waals surface area contributed by atoms with E-state index in [1.807, 2.05) is 0 Å². The Bertz CT molecular complexity index is 398. The second kappa shape index (κ2) is 7.98. The highest BCUT2D eigenvalue weighted by atomic mass is 15.3. The van der Waals surface area contributed by atoms with E-state index in [1.54, 1.807) is 0 Å². The molecule has 21 heavy (non-hydrogen) atoms. The van der Waals surface area contributed by atoms with Crippen molar-refractivity contribution in [2.45, 2.75) is 90.1 Å². The number of aromatic nitrogens is 2. The lowest BCUT2D eigenvalue weighted by atomic mass is 9.84. The zero-order chi connectivity index (χ0) is 15.1. The molecule has 0 aromatic carbocycles. The summed E-state index contributed by atoms with van der Waals surface area (Å²) in [6, 6.07) is 2.80. The van der Waals surface area contributed by atoms with Gasteiger partial charge in [-0.15, -0.1) is 0 Å². The maximum Gasteiger partial charge on any atom is 0.0643 e. The Kier molecular flexibility index (Phi) is 6.28. The molecule has 0 saturated carbocycles. The Morgan fingerprint density at radius 3 is 2.76 bits per heavy atom. The van der Waals surface area contributed by atoms with Crippen molar-refractivity contribution in [2.24, 2.45) is 0 Å². The molecule has 1 aromatic rings. The Balaban J connectivity index is 2.09. The molecule has 2 rings (SSSR count). The topological polar surface area (TPSA) is 29.9 Å². The summed E-state index contributed by atoms with van der Waals surface area (Å²) in [4.78, 5) is 0. The summed E-state index contributed by atoms with van der Waals surface area (Å²) < 4.78 is 2.19. The monoisotopic (exact) mass is 291 g/mol. The minimum atomic E-state index is 0.290. The fourth-order valence-electron chi connectivity index (χ4n) is 3.82. The number of nitrogens with zero attached hydrogens (tertiary/aromatic N) is 2. The third-order valence-electron chi connectivity index (χ3n) is 5.06. The van der Waals surface area contributed by atoms with Crippen molar-refractivity contribution < 1.29 is 0 Å². The molecule has 1 fully saturated rings. The highest BCUT2D eigenvalue weighted by molar-refractivity contribution is 5.07. The lowest BCUT2D eigenvalue weighted by Gasteiger charge is -2.33. The molecule has 0 radical (unpaired) electrons. The molecule has 0 bridgehead atoms. The molecule has 120 valence electrons. The summed E-state index contributed by atoms with van der Waals surface area (Å²) in [6.45, 7) is 7.98. The van der Waals surface area contributed by atoms with Gasteiger partial charge in [0.15, 0.2) is 0 Å². The summed E-state index contributed by atoms with van der Waals surface area (Å²) in [5, 5.41) is 8.74. The molecule has 1 atom stereocenters. The van der Waals surface area contributed by atoms with Crippen LogP contribution in [0, 0.1) is 0 Å². The van der Waals surface area contributed by atoms with Crippen LogP contribution in [0.1, 0.15) is 83.9 Å². The zero-order valence-corrected chi connectivity index (χ0v) is 14.2. The Hall–Kier alpha value is -0.830. The number of nitrogens with one attached hydrogen (secondary N) is 1. The summed E-state index contributed by atoms with van der Waals surface area (Å²) in [5.74, 6) is 0. The van der Waals surface area contributed by atoms with E-state index < -0.39 is 0 Å². The first kappa shape index (κ1) is 16.5. The van der Waals surface area contributed by atoms with Crippen LogP contribution < -0.4 is 5.32 Å². The molecule has 1 saturated heterocycles. The first-order chi connectivity index (χ1) is 10.2. The predicted octanol–water partition coefficient (Wildman–Crippen LogP) is 4.49. The molecular weight excluding hydrogens is 258 g/mol. The van der Waals surface area contributed by atoms with E-state index in [1.165, 1.54) is 50.8 Å². The van der Waals surface area contributed by atoms with Gasteiger partial charge in [0.05, 0.1) is 11.7 Å². The fourth-order valence-corrected chi connectivity index (χ4v) is 3.82. The molecule has 1 unspecified atom stereocenters. The number of hydrogen-bond donors (Lipinski definition) is 1. The van der Waals surface area contributed by atoms with Crippen molar-refractivity contribution >= 4 is 0 Å². The third kappa shape index (κ3) is 4.32. The average molecular weight is 291 g/mol. The van der Waals surface area contributed by atoms with Crippen LogP contribution in [0.2, 0.25) is 0 Å². The molecule has 0 amide bonds. The van der Waals surface area contributed by atoms with Gasteiger partial charge in [0.1, 0.15) is 0 Å². The van der Waals surface area contributed by atoms with Crippen LogP contribution in [0.4, 0.5) is 0 Å². The minimum Gasteiger partial charge on any atom is -0.311 e. The van der Waals surface area contributed by atoms with E-state index in [9.17, 15) is 0 Å². The van der Waals surface area contributed by atoms with Crippen molar-refractivity contribution in [3.05, 3.63) is 18.0 Å². The molecular formula is C18H33N3. The quantitative estimate of drug-likeness (QED) is 0.802. The maximum atomic E-state index is 4.88. The van der Waals surface area contributed by atoms with Gasteiger partial charge < -0.3 is 5.32 Å². The summed E-state index contributed by atoms with van der Waals surface area (Å²) >= 11 is 0. The Labute approximate surface area is 130 Å². The van der Waals surface area contributed by atoms with Crippen LogP contribution in [0.5, 0.6) is 0 Å². The molecule has 0 spiro atoms. The lowest BCUT2D eigenvalue weighted by molar-refractivity contribution is 0.284. The highest BCUT2D eigenvalue weighted by Crippen LogP contribution is 2.28. The van der Waals surface area contributed by atoms with Crippen LogP contribution in [0.25, 0.3) is 0 Å². The van der Waals surface area contributed by atoms with Gasteiger partial charge in [-0.2, -0.15) is 5.10 Å². The average Bonchev–Trinajstić information content (AvgIpc) is 2.80. The van der Waals surface area contributed by atoms with E-state index in [0.29, 0.717) is 11.6 Å². The molecule has 1 N–H and O–H groups in total. The smallest absolute Gasteiger partial charge is 0.0643 e. The van der Waals surface area contributed by atoms with Crippen molar-refractivity contribution in [1.29, 1.82) is 0 Å². The van der Waals surface area contributed by atoms with Crippen molar-refractivity contribution in [3.8, 4) is 0 Å². The summed E-state index contributed by atoms with van der Waals surface area (Å²) in [6.07, 6.45) is 13.5. The lowest BCUT2D eigenvalue weighted by Crippen LogP contribution is -2.46. The molecule has 2 heterocycles. The molecule has 1 aliphatic rings. The van der Waals surface area contributed by atoms with Crippen molar-refractivity contribution in [3.63, 3.8) is 0 Å². The van der Waals surface area contributed by atoms with Gasteiger partial charge >= 0.3 is 0 Å². The van der Waals surface area contributed by atoms with Crippen LogP contribution in [-0.4, -0.2) is 21.9 Å². The van der Waals surface area contributed by atoms with E-state index >= 15 is 0 Å². The van der Waals surface area contributed by atoms with Crippen molar-refractivity contribution in [1.82, 2.24) is 15.1 Å². The van der Waals surface area contributed by atoms with Crippen molar-refractivity contribution in [2.75, 3.05) is 6.54 Å². The van der Waals surface area contributed by atoms with Crippen LogP contribution in [0.15, 0.2) is 12.3 Å². The third-order valence-corrected chi connectivity index (χ3v) is 5.06. The van der Waals surface area contributed by atoms with E-state index in [0.717, 1.165) is 19.3 Å². The summed E-state index contributed by atoms with van der Waals surface area (Å²) in [7, 11) is 0. The molecule has 3 nitrogen and oxygen atoms in total. The van der Waals surface area contributed by atoms with Gasteiger partial charge in [0.25, 0.3) is 0 Å². The van der Waals surface area contributed by atoms with Gasteiger partial charge in [-0.1, -0.05) is 40.0 Å². The number of hydrogen-bond acceptors (Lipinski definition) is 2. The summed E-state index contributed by atoms with van der Waals surface area (Å²) in [5.41, 5.74) is 1.56. The molecule has 1 aromatic heterocycles. The highest BCUT2D eigenvalue weighted by Gasteiger charge is 2.30. The first-order valence-electron chi connectivity index (χ1n) is 9.02. The Morgan fingerprint density at radius 1 is 1.24 bits per heavy atom. The van der Waals surface area contributed by atoms with E-state index in [2.05, 4.69) is 43.0 Å². The van der Waals surface area contributed by atoms with E-state index in [-0.39, 0.29) is 0 Å². The van der Waals surface area contributed by atoms with Gasteiger partial charge in [-0.25, -0.2) is 0 Å². The second-order valence-electron chi connectivity index (χ2n) is 6.70. The SMILES string of the molecule is CCCC1(Cc2ccn(C(CC)CC)n2)CCCCCN1.